The van der Waals surface area contributed by atoms with Gasteiger partial charge in [0.2, 0.25) is 0 Å². The van der Waals surface area contributed by atoms with Crippen molar-refractivity contribution in [3.8, 4) is 0 Å². The van der Waals surface area contributed by atoms with E-state index in [2.05, 4.69) is 4.74 Å². The molecule has 11 heteroatoms. The van der Waals surface area contributed by atoms with E-state index in [9.17, 15) is 35.9 Å². The Morgan fingerprint density at radius 2 is 1.34 bits per heavy atom. The summed E-state index contributed by atoms with van der Waals surface area (Å²) >= 11 is 0. The molecule has 1 unspecified atom stereocenters. The van der Waals surface area contributed by atoms with E-state index >= 15 is 0 Å². The fourth-order valence-corrected chi connectivity index (χ4v) is 2.82. The number of rotatable bonds is 10. The van der Waals surface area contributed by atoms with Crippen molar-refractivity contribution in [2.45, 2.75) is 96.4 Å². The SMILES string of the molecule is CCCC(CCC)C(C)(C)OC(=O)C(C)OC(=O)CC(O)(C(F)(F)F)C(F)(F)F. The van der Waals surface area contributed by atoms with E-state index in [1.54, 1.807) is 13.8 Å². The van der Waals surface area contributed by atoms with Crippen molar-refractivity contribution in [3.05, 3.63) is 0 Å². The molecule has 0 saturated heterocycles. The van der Waals surface area contributed by atoms with Gasteiger partial charge in [-0.05, 0) is 39.5 Å². The summed E-state index contributed by atoms with van der Waals surface area (Å²) in [7, 11) is 0. The number of alkyl halides is 6. The third-order valence-electron chi connectivity index (χ3n) is 4.60. The monoisotopic (exact) mass is 438 g/mol. The zero-order valence-corrected chi connectivity index (χ0v) is 17.0. The first-order chi connectivity index (χ1) is 12.9. The highest BCUT2D eigenvalue weighted by molar-refractivity contribution is 5.79. The average Bonchev–Trinajstić information content (AvgIpc) is 2.51. The van der Waals surface area contributed by atoms with Crippen molar-refractivity contribution in [2.75, 3.05) is 0 Å². The van der Waals surface area contributed by atoms with Gasteiger partial charge in [0.15, 0.2) is 6.10 Å². The molecular weight excluding hydrogens is 410 g/mol. The van der Waals surface area contributed by atoms with Gasteiger partial charge in [-0.15, -0.1) is 0 Å². The third-order valence-corrected chi connectivity index (χ3v) is 4.60. The number of carbonyl (C=O) groups excluding carboxylic acids is 2. The molecule has 1 atom stereocenters. The highest BCUT2D eigenvalue weighted by Gasteiger charge is 2.71. The minimum Gasteiger partial charge on any atom is -0.457 e. The fraction of sp³-hybridized carbons (Fsp3) is 0.889. The summed E-state index contributed by atoms with van der Waals surface area (Å²) in [6.45, 7) is 8.09. The number of hydrogen-bond acceptors (Lipinski definition) is 5. The molecule has 5 nitrogen and oxygen atoms in total. The molecule has 0 amide bonds. The van der Waals surface area contributed by atoms with E-state index in [4.69, 9.17) is 9.84 Å². The van der Waals surface area contributed by atoms with Crippen LogP contribution in [0.15, 0.2) is 0 Å². The molecule has 0 radical (unpaired) electrons. The van der Waals surface area contributed by atoms with Crippen LogP contribution >= 0.6 is 0 Å². The lowest BCUT2D eigenvalue weighted by Crippen LogP contribution is -2.58. The summed E-state index contributed by atoms with van der Waals surface area (Å²) in [4.78, 5) is 23.7. The van der Waals surface area contributed by atoms with Gasteiger partial charge in [-0.3, -0.25) is 4.79 Å². The highest BCUT2D eigenvalue weighted by atomic mass is 19.4. The lowest BCUT2D eigenvalue weighted by Gasteiger charge is -2.35. The van der Waals surface area contributed by atoms with Crippen molar-refractivity contribution < 1.29 is 50.5 Å². The zero-order valence-electron chi connectivity index (χ0n) is 17.0. The standard InChI is InChI=1S/C18H28F6O5/c1-6-8-12(9-7-2)15(4,5)29-14(26)11(3)28-13(25)10-16(27,17(19,20)21)18(22,23)24/h11-12,27H,6-10H2,1-5H3. The van der Waals surface area contributed by atoms with Crippen molar-refractivity contribution in [1.82, 2.24) is 0 Å². The smallest absolute Gasteiger partial charge is 0.426 e. The summed E-state index contributed by atoms with van der Waals surface area (Å²) in [5.41, 5.74) is -6.27. The molecule has 0 spiro atoms. The van der Waals surface area contributed by atoms with Crippen molar-refractivity contribution in [3.63, 3.8) is 0 Å². The molecule has 0 fully saturated rings. The van der Waals surface area contributed by atoms with Gasteiger partial charge >= 0.3 is 24.3 Å². The molecule has 0 saturated carbocycles. The lowest BCUT2D eigenvalue weighted by molar-refractivity contribution is -0.368. The van der Waals surface area contributed by atoms with Crippen LogP contribution < -0.4 is 0 Å². The predicted octanol–water partition coefficient (Wildman–Crippen LogP) is 4.70. The van der Waals surface area contributed by atoms with Crippen molar-refractivity contribution in [1.29, 1.82) is 0 Å². The first-order valence-electron chi connectivity index (χ1n) is 9.21. The molecule has 0 aliphatic heterocycles. The van der Waals surface area contributed by atoms with Gasteiger partial charge in [0.05, 0.1) is 6.42 Å². The van der Waals surface area contributed by atoms with Gasteiger partial charge < -0.3 is 14.6 Å². The van der Waals surface area contributed by atoms with Crippen LogP contribution in [-0.4, -0.2) is 46.7 Å². The molecule has 0 aromatic rings. The van der Waals surface area contributed by atoms with Gasteiger partial charge in [-0.25, -0.2) is 4.79 Å². The second-order valence-electron chi connectivity index (χ2n) is 7.46. The Hall–Kier alpha value is -1.52. The van der Waals surface area contributed by atoms with Crippen molar-refractivity contribution in [2.24, 2.45) is 5.92 Å². The maximum atomic E-state index is 12.6. The first kappa shape index (κ1) is 27.5. The molecule has 172 valence electrons. The average molecular weight is 438 g/mol. The second-order valence-corrected chi connectivity index (χ2v) is 7.46. The fourth-order valence-electron chi connectivity index (χ4n) is 2.82. The minimum absolute atomic E-state index is 0.0371. The normalized spacial score (nSPS) is 14.7. The van der Waals surface area contributed by atoms with Crippen LogP contribution in [0.2, 0.25) is 0 Å². The maximum absolute atomic E-state index is 12.6. The van der Waals surface area contributed by atoms with E-state index in [1.807, 2.05) is 13.8 Å². The number of hydrogen-bond donors (Lipinski definition) is 1. The van der Waals surface area contributed by atoms with Gasteiger partial charge in [-0.2, -0.15) is 26.3 Å². The first-order valence-corrected chi connectivity index (χ1v) is 9.21. The van der Waals surface area contributed by atoms with E-state index < -0.39 is 48.0 Å². The Balaban J connectivity index is 5.17. The quantitative estimate of drug-likeness (QED) is 0.395. The number of ether oxygens (including phenoxy) is 2. The molecule has 0 rings (SSSR count). The van der Waals surface area contributed by atoms with Crippen LogP contribution in [0, 0.1) is 5.92 Å². The highest BCUT2D eigenvalue weighted by Crippen LogP contribution is 2.45. The summed E-state index contributed by atoms with van der Waals surface area (Å²) < 4.78 is 85.5. The Morgan fingerprint density at radius 3 is 1.69 bits per heavy atom. The van der Waals surface area contributed by atoms with Crippen LogP contribution in [0.4, 0.5) is 26.3 Å². The lowest BCUT2D eigenvalue weighted by atomic mass is 9.83. The predicted molar refractivity (Wildman–Crippen MR) is 90.7 cm³/mol. The molecule has 29 heavy (non-hydrogen) atoms. The summed E-state index contributed by atoms with van der Waals surface area (Å²) in [5.74, 6) is -3.18. The van der Waals surface area contributed by atoms with E-state index in [-0.39, 0.29) is 5.92 Å². The van der Waals surface area contributed by atoms with Gasteiger partial charge in [0, 0.05) is 0 Å². The molecule has 0 aliphatic carbocycles. The summed E-state index contributed by atoms with van der Waals surface area (Å²) in [5, 5.41) is 9.02. The van der Waals surface area contributed by atoms with Crippen LogP contribution in [0.3, 0.4) is 0 Å². The second kappa shape index (κ2) is 9.99. The Bertz CT molecular complexity index is 536. The molecule has 0 bridgehead atoms. The van der Waals surface area contributed by atoms with E-state index in [0.717, 1.165) is 32.6 Å². The zero-order chi connectivity index (χ0) is 23.3. The van der Waals surface area contributed by atoms with Crippen LogP contribution in [0.25, 0.3) is 0 Å². The van der Waals surface area contributed by atoms with Crippen molar-refractivity contribution >= 4 is 11.9 Å². The van der Waals surface area contributed by atoms with E-state index in [0.29, 0.717) is 0 Å². The molecule has 0 heterocycles. The minimum atomic E-state index is -6.16. The van der Waals surface area contributed by atoms with Crippen LogP contribution in [-0.2, 0) is 19.1 Å². The number of halogens is 6. The molecule has 0 aromatic heterocycles. The van der Waals surface area contributed by atoms with Gasteiger partial charge in [0.25, 0.3) is 5.60 Å². The Labute approximate surface area is 165 Å². The third kappa shape index (κ3) is 7.35. The van der Waals surface area contributed by atoms with Crippen LogP contribution in [0.5, 0.6) is 0 Å². The topological polar surface area (TPSA) is 72.8 Å². The maximum Gasteiger partial charge on any atom is 0.426 e. The number of carbonyl (C=O) groups is 2. The molecule has 0 aliphatic rings. The molecular formula is C18H28F6O5. The largest absolute Gasteiger partial charge is 0.457 e. The molecule has 1 N–H and O–H groups in total. The Morgan fingerprint density at radius 1 is 0.931 bits per heavy atom. The van der Waals surface area contributed by atoms with Gasteiger partial charge in [0.1, 0.15) is 5.60 Å². The summed E-state index contributed by atoms with van der Waals surface area (Å²) in [6, 6.07) is 0. The molecule has 0 aromatic carbocycles. The number of aliphatic hydroxyl groups is 1. The Kier molecular flexibility index (Phi) is 9.47. The van der Waals surface area contributed by atoms with E-state index in [1.165, 1.54) is 0 Å². The summed E-state index contributed by atoms with van der Waals surface area (Å²) in [6.07, 6.45) is -13.4. The van der Waals surface area contributed by atoms with Gasteiger partial charge in [-0.1, -0.05) is 26.7 Å². The van der Waals surface area contributed by atoms with Crippen LogP contribution in [0.1, 0.15) is 66.7 Å². The number of esters is 2.